The van der Waals surface area contributed by atoms with Crippen molar-refractivity contribution in [3.05, 3.63) is 23.9 Å². The SMILES string of the molecule is Cc1ccc2nc(NCC3CCC(=O)N3)nn2c1. The number of nitrogens with one attached hydrogen (secondary N) is 2. The van der Waals surface area contributed by atoms with Gasteiger partial charge in [-0.25, -0.2) is 4.52 Å². The highest BCUT2D eigenvalue weighted by Gasteiger charge is 2.20. The monoisotopic (exact) mass is 245 g/mol. The first-order chi connectivity index (χ1) is 8.70. The summed E-state index contributed by atoms with van der Waals surface area (Å²) in [6.07, 6.45) is 3.42. The van der Waals surface area contributed by atoms with E-state index in [-0.39, 0.29) is 11.9 Å². The van der Waals surface area contributed by atoms with Crippen LogP contribution in [-0.2, 0) is 4.79 Å². The van der Waals surface area contributed by atoms with Gasteiger partial charge in [0, 0.05) is 25.2 Å². The predicted octanol–water partition coefficient (Wildman–Crippen LogP) is 0.728. The van der Waals surface area contributed by atoms with Crippen LogP contribution in [0.25, 0.3) is 5.65 Å². The van der Waals surface area contributed by atoms with Crippen LogP contribution in [0.4, 0.5) is 5.95 Å². The Kier molecular flexibility index (Phi) is 2.62. The van der Waals surface area contributed by atoms with Crippen molar-refractivity contribution in [3.63, 3.8) is 0 Å². The first-order valence-electron chi connectivity index (χ1n) is 6.07. The van der Waals surface area contributed by atoms with E-state index in [1.54, 1.807) is 4.52 Å². The highest BCUT2D eigenvalue weighted by atomic mass is 16.1. The van der Waals surface area contributed by atoms with Crippen molar-refractivity contribution < 1.29 is 4.79 Å². The van der Waals surface area contributed by atoms with Gasteiger partial charge in [0.25, 0.3) is 0 Å². The van der Waals surface area contributed by atoms with Crippen LogP contribution in [0.5, 0.6) is 0 Å². The number of carbonyl (C=O) groups is 1. The zero-order chi connectivity index (χ0) is 12.5. The molecule has 0 radical (unpaired) electrons. The van der Waals surface area contributed by atoms with Crippen LogP contribution in [0.15, 0.2) is 18.3 Å². The average Bonchev–Trinajstić information content (AvgIpc) is 2.92. The largest absolute Gasteiger partial charge is 0.352 e. The lowest BCUT2D eigenvalue weighted by molar-refractivity contribution is -0.119. The van der Waals surface area contributed by atoms with Crippen LogP contribution in [0.2, 0.25) is 0 Å². The molecule has 1 fully saturated rings. The summed E-state index contributed by atoms with van der Waals surface area (Å²) in [5, 5.41) is 10.4. The number of aromatic nitrogens is 3. The van der Waals surface area contributed by atoms with E-state index < -0.39 is 0 Å². The molecular weight excluding hydrogens is 230 g/mol. The zero-order valence-corrected chi connectivity index (χ0v) is 10.2. The smallest absolute Gasteiger partial charge is 0.243 e. The van der Waals surface area contributed by atoms with E-state index in [4.69, 9.17) is 0 Å². The van der Waals surface area contributed by atoms with Crippen LogP contribution in [0.3, 0.4) is 0 Å². The molecule has 1 aliphatic heterocycles. The van der Waals surface area contributed by atoms with Gasteiger partial charge in [-0.05, 0) is 25.0 Å². The van der Waals surface area contributed by atoms with Crippen LogP contribution in [0, 0.1) is 6.92 Å². The third kappa shape index (κ3) is 2.13. The maximum Gasteiger partial charge on any atom is 0.243 e. The van der Waals surface area contributed by atoms with Gasteiger partial charge in [-0.3, -0.25) is 4.79 Å². The third-order valence-electron chi connectivity index (χ3n) is 3.07. The van der Waals surface area contributed by atoms with Crippen LogP contribution < -0.4 is 10.6 Å². The van der Waals surface area contributed by atoms with Gasteiger partial charge in [0.05, 0.1) is 0 Å². The predicted molar refractivity (Wildman–Crippen MR) is 67.4 cm³/mol. The summed E-state index contributed by atoms with van der Waals surface area (Å²) < 4.78 is 1.75. The maximum atomic E-state index is 11.1. The number of nitrogens with zero attached hydrogens (tertiary/aromatic N) is 3. The summed E-state index contributed by atoms with van der Waals surface area (Å²) in [5.41, 5.74) is 1.96. The van der Waals surface area contributed by atoms with Gasteiger partial charge in [0.1, 0.15) is 0 Å². The summed E-state index contributed by atoms with van der Waals surface area (Å²) in [5.74, 6) is 0.724. The fraction of sp³-hybridized carbons (Fsp3) is 0.417. The Bertz CT molecular complexity index is 591. The van der Waals surface area contributed by atoms with E-state index in [1.807, 2.05) is 25.3 Å². The van der Waals surface area contributed by atoms with E-state index in [9.17, 15) is 4.79 Å². The van der Waals surface area contributed by atoms with Gasteiger partial charge in [0.2, 0.25) is 11.9 Å². The molecule has 1 atom stereocenters. The molecule has 0 saturated carbocycles. The lowest BCUT2D eigenvalue weighted by atomic mass is 10.2. The second-order valence-electron chi connectivity index (χ2n) is 4.63. The van der Waals surface area contributed by atoms with Crippen molar-refractivity contribution in [2.75, 3.05) is 11.9 Å². The Labute approximate surface area is 104 Å². The van der Waals surface area contributed by atoms with Gasteiger partial charge < -0.3 is 10.6 Å². The van der Waals surface area contributed by atoms with E-state index in [1.165, 1.54) is 0 Å². The fourth-order valence-corrected chi connectivity index (χ4v) is 2.11. The Morgan fingerprint density at radius 3 is 3.22 bits per heavy atom. The topological polar surface area (TPSA) is 71.3 Å². The van der Waals surface area contributed by atoms with Crippen molar-refractivity contribution in [3.8, 4) is 0 Å². The van der Waals surface area contributed by atoms with E-state index >= 15 is 0 Å². The fourth-order valence-electron chi connectivity index (χ4n) is 2.11. The molecule has 3 heterocycles. The number of rotatable bonds is 3. The van der Waals surface area contributed by atoms with E-state index in [0.29, 0.717) is 18.9 Å². The van der Waals surface area contributed by atoms with E-state index in [2.05, 4.69) is 20.7 Å². The summed E-state index contributed by atoms with van der Waals surface area (Å²) in [4.78, 5) is 15.4. The van der Waals surface area contributed by atoms with Gasteiger partial charge in [-0.2, -0.15) is 4.98 Å². The Morgan fingerprint density at radius 2 is 2.44 bits per heavy atom. The average molecular weight is 245 g/mol. The molecule has 0 aromatic carbocycles. The van der Waals surface area contributed by atoms with Crippen molar-refractivity contribution in [2.45, 2.75) is 25.8 Å². The van der Waals surface area contributed by atoms with Crippen molar-refractivity contribution in [1.82, 2.24) is 19.9 Å². The highest BCUT2D eigenvalue weighted by molar-refractivity contribution is 5.78. The molecule has 18 heavy (non-hydrogen) atoms. The standard InChI is InChI=1S/C12H15N5O/c1-8-2-4-10-15-12(16-17(10)7-8)13-6-9-3-5-11(18)14-9/h2,4,7,9H,3,5-6H2,1H3,(H,13,16)(H,14,18). The molecule has 1 aliphatic rings. The van der Waals surface area contributed by atoms with E-state index in [0.717, 1.165) is 17.6 Å². The maximum absolute atomic E-state index is 11.1. The quantitative estimate of drug-likeness (QED) is 0.836. The molecule has 1 amide bonds. The Balaban J connectivity index is 1.69. The van der Waals surface area contributed by atoms with Gasteiger partial charge in [-0.1, -0.05) is 6.07 Å². The number of hydrogen-bond donors (Lipinski definition) is 2. The number of anilines is 1. The lowest BCUT2D eigenvalue weighted by Crippen LogP contribution is -2.32. The first kappa shape index (κ1) is 11.0. The molecule has 3 rings (SSSR count). The molecule has 2 aromatic rings. The second-order valence-corrected chi connectivity index (χ2v) is 4.63. The molecule has 0 bridgehead atoms. The lowest BCUT2D eigenvalue weighted by Gasteiger charge is -2.09. The Hall–Kier alpha value is -2.11. The number of carbonyl (C=O) groups excluding carboxylic acids is 1. The number of amides is 1. The van der Waals surface area contributed by atoms with Gasteiger partial charge in [0.15, 0.2) is 5.65 Å². The number of hydrogen-bond acceptors (Lipinski definition) is 4. The molecule has 6 nitrogen and oxygen atoms in total. The number of pyridine rings is 1. The summed E-state index contributed by atoms with van der Waals surface area (Å²) in [6, 6.07) is 4.13. The summed E-state index contributed by atoms with van der Waals surface area (Å²) in [7, 11) is 0. The van der Waals surface area contributed by atoms with Crippen molar-refractivity contribution >= 4 is 17.5 Å². The minimum absolute atomic E-state index is 0.125. The van der Waals surface area contributed by atoms with Crippen LogP contribution >= 0.6 is 0 Å². The summed E-state index contributed by atoms with van der Waals surface area (Å²) >= 11 is 0. The highest BCUT2D eigenvalue weighted by Crippen LogP contribution is 2.09. The number of fused-ring (bicyclic) bond motifs is 1. The van der Waals surface area contributed by atoms with Gasteiger partial charge >= 0.3 is 0 Å². The third-order valence-corrected chi connectivity index (χ3v) is 3.07. The normalized spacial score (nSPS) is 19.2. The molecule has 1 saturated heterocycles. The molecule has 0 aliphatic carbocycles. The molecule has 6 heteroatoms. The van der Waals surface area contributed by atoms with Gasteiger partial charge in [-0.15, -0.1) is 5.10 Å². The summed E-state index contributed by atoms with van der Waals surface area (Å²) in [6.45, 7) is 2.68. The minimum Gasteiger partial charge on any atom is -0.352 e. The Morgan fingerprint density at radius 1 is 1.56 bits per heavy atom. The molecule has 2 aromatic heterocycles. The van der Waals surface area contributed by atoms with Crippen LogP contribution in [-0.4, -0.2) is 33.1 Å². The zero-order valence-electron chi connectivity index (χ0n) is 10.2. The molecule has 2 N–H and O–H groups in total. The minimum atomic E-state index is 0.125. The van der Waals surface area contributed by atoms with Crippen molar-refractivity contribution in [2.24, 2.45) is 0 Å². The van der Waals surface area contributed by atoms with Crippen molar-refractivity contribution in [1.29, 1.82) is 0 Å². The molecule has 1 unspecified atom stereocenters. The number of aryl methyl sites for hydroxylation is 1. The molecule has 0 spiro atoms. The molecule has 94 valence electrons. The first-order valence-corrected chi connectivity index (χ1v) is 6.07. The molecular formula is C12H15N5O. The van der Waals surface area contributed by atoms with Crippen LogP contribution in [0.1, 0.15) is 18.4 Å². The second kappa shape index (κ2) is 4.29.